The fourth-order valence-electron chi connectivity index (χ4n) is 1.27. The predicted molar refractivity (Wildman–Crippen MR) is 59.0 cm³/mol. The molecule has 0 saturated heterocycles. The zero-order chi connectivity index (χ0) is 11.5. The summed E-state index contributed by atoms with van der Waals surface area (Å²) in [6, 6.07) is 0. The van der Waals surface area contributed by atoms with Gasteiger partial charge in [-0.2, -0.15) is 0 Å². The second-order valence-electron chi connectivity index (χ2n) is 4.32. The van der Waals surface area contributed by atoms with Gasteiger partial charge in [0.2, 0.25) is 10.0 Å². The Morgan fingerprint density at radius 1 is 1.47 bits per heavy atom. The number of hydrogen-bond donors (Lipinski definition) is 2. The third-order valence-corrected chi connectivity index (χ3v) is 3.87. The summed E-state index contributed by atoms with van der Waals surface area (Å²) in [6.07, 6.45) is 1.74. The Labute approximate surface area is 91.4 Å². The van der Waals surface area contributed by atoms with Gasteiger partial charge in [-0.25, -0.2) is 13.1 Å². The molecule has 3 N–H and O–H groups in total. The Balaban J connectivity index is 2.33. The second kappa shape index (κ2) is 4.78. The molecule has 0 spiro atoms. The summed E-state index contributed by atoms with van der Waals surface area (Å²) in [5.74, 6) is 0.00687. The number of ether oxygens (including phenoxy) is 1. The summed E-state index contributed by atoms with van der Waals surface area (Å²) in [6.45, 7) is 4.36. The number of rotatable bonds is 7. The number of hydrogen-bond acceptors (Lipinski definition) is 4. The van der Waals surface area contributed by atoms with E-state index < -0.39 is 10.0 Å². The zero-order valence-corrected chi connectivity index (χ0v) is 10.1. The first-order valence-corrected chi connectivity index (χ1v) is 6.88. The highest BCUT2D eigenvalue weighted by molar-refractivity contribution is 7.89. The first kappa shape index (κ1) is 12.9. The van der Waals surface area contributed by atoms with Crippen LogP contribution in [-0.2, 0) is 14.8 Å². The van der Waals surface area contributed by atoms with Gasteiger partial charge in [-0.1, -0.05) is 0 Å². The summed E-state index contributed by atoms with van der Waals surface area (Å²) >= 11 is 0. The highest BCUT2D eigenvalue weighted by atomic mass is 32.2. The van der Waals surface area contributed by atoms with Crippen molar-refractivity contribution in [3.05, 3.63) is 0 Å². The molecule has 0 radical (unpaired) electrons. The van der Waals surface area contributed by atoms with Gasteiger partial charge in [0.15, 0.2) is 0 Å². The van der Waals surface area contributed by atoms with E-state index in [-0.39, 0.29) is 24.0 Å². The van der Waals surface area contributed by atoms with E-state index in [4.69, 9.17) is 10.5 Å². The van der Waals surface area contributed by atoms with E-state index in [1.54, 1.807) is 0 Å². The van der Waals surface area contributed by atoms with Crippen LogP contribution in [0.4, 0.5) is 0 Å². The monoisotopic (exact) mass is 236 g/mol. The lowest BCUT2D eigenvalue weighted by atomic mass is 10.3. The molecule has 1 saturated carbocycles. The maximum Gasteiger partial charge on any atom is 0.214 e. The molecule has 0 aromatic carbocycles. The van der Waals surface area contributed by atoms with Crippen LogP contribution < -0.4 is 10.5 Å². The molecular formula is C9H20N2O3S. The molecular weight excluding hydrogens is 216 g/mol. The third kappa shape index (κ3) is 4.46. The molecule has 0 aromatic heterocycles. The SMILES string of the molecule is CC(C)OCCS(=O)(=O)NC1(CN)CC1. The molecule has 1 aliphatic rings. The van der Waals surface area contributed by atoms with Crippen LogP contribution in [0.1, 0.15) is 26.7 Å². The van der Waals surface area contributed by atoms with Crippen molar-refractivity contribution in [2.75, 3.05) is 18.9 Å². The predicted octanol–water partition coefficient (Wildman–Crippen LogP) is -0.178. The van der Waals surface area contributed by atoms with Crippen LogP contribution >= 0.6 is 0 Å². The highest BCUT2D eigenvalue weighted by Crippen LogP contribution is 2.34. The molecule has 0 bridgehead atoms. The van der Waals surface area contributed by atoms with Crippen molar-refractivity contribution in [2.45, 2.75) is 38.3 Å². The standard InChI is InChI=1S/C9H20N2O3S/c1-8(2)14-5-6-15(12,13)11-9(7-10)3-4-9/h8,11H,3-7,10H2,1-2H3. The summed E-state index contributed by atoms with van der Waals surface area (Å²) in [5.41, 5.74) is 5.14. The lowest BCUT2D eigenvalue weighted by Crippen LogP contribution is -2.44. The molecule has 0 aromatic rings. The van der Waals surface area contributed by atoms with Crippen LogP contribution in [0.5, 0.6) is 0 Å². The Bertz CT molecular complexity index is 296. The molecule has 5 nitrogen and oxygen atoms in total. The summed E-state index contributed by atoms with van der Waals surface area (Å²) < 4.78 is 31.0. The normalized spacial score (nSPS) is 19.5. The van der Waals surface area contributed by atoms with Gasteiger partial charge >= 0.3 is 0 Å². The van der Waals surface area contributed by atoms with Crippen molar-refractivity contribution < 1.29 is 13.2 Å². The lowest BCUT2D eigenvalue weighted by molar-refractivity contribution is 0.0911. The molecule has 0 heterocycles. The van der Waals surface area contributed by atoms with Crippen LogP contribution in [0.15, 0.2) is 0 Å². The quantitative estimate of drug-likeness (QED) is 0.642. The van der Waals surface area contributed by atoms with Crippen LogP contribution in [0.3, 0.4) is 0 Å². The van der Waals surface area contributed by atoms with Gasteiger partial charge < -0.3 is 10.5 Å². The van der Waals surface area contributed by atoms with Crippen molar-refractivity contribution in [3.63, 3.8) is 0 Å². The molecule has 1 fully saturated rings. The summed E-state index contributed by atoms with van der Waals surface area (Å²) in [7, 11) is -3.24. The highest BCUT2D eigenvalue weighted by Gasteiger charge is 2.44. The smallest absolute Gasteiger partial charge is 0.214 e. The van der Waals surface area contributed by atoms with E-state index in [1.807, 2.05) is 13.8 Å². The van der Waals surface area contributed by atoms with Crippen molar-refractivity contribution in [1.29, 1.82) is 0 Å². The van der Waals surface area contributed by atoms with Gasteiger partial charge in [0.25, 0.3) is 0 Å². The molecule has 0 unspecified atom stereocenters. The summed E-state index contributed by atoms with van der Waals surface area (Å²) in [5, 5.41) is 0. The lowest BCUT2D eigenvalue weighted by Gasteiger charge is -2.15. The Morgan fingerprint density at radius 3 is 2.47 bits per heavy atom. The average molecular weight is 236 g/mol. The fourth-order valence-corrected chi connectivity index (χ4v) is 2.64. The van der Waals surface area contributed by atoms with E-state index in [0.29, 0.717) is 6.54 Å². The van der Waals surface area contributed by atoms with E-state index in [2.05, 4.69) is 4.72 Å². The summed E-state index contributed by atoms with van der Waals surface area (Å²) in [4.78, 5) is 0. The minimum Gasteiger partial charge on any atom is -0.378 e. The van der Waals surface area contributed by atoms with E-state index in [0.717, 1.165) is 12.8 Å². The molecule has 15 heavy (non-hydrogen) atoms. The maximum atomic E-state index is 11.6. The van der Waals surface area contributed by atoms with Crippen molar-refractivity contribution in [2.24, 2.45) is 5.73 Å². The third-order valence-electron chi connectivity index (χ3n) is 2.42. The number of nitrogens with one attached hydrogen (secondary N) is 1. The van der Waals surface area contributed by atoms with Crippen molar-refractivity contribution in [3.8, 4) is 0 Å². The second-order valence-corrected chi connectivity index (χ2v) is 6.17. The molecule has 0 amide bonds. The number of sulfonamides is 1. The van der Waals surface area contributed by atoms with Crippen molar-refractivity contribution >= 4 is 10.0 Å². The molecule has 90 valence electrons. The Kier molecular flexibility index (Phi) is 4.11. The average Bonchev–Trinajstić information content (AvgIpc) is 2.83. The largest absolute Gasteiger partial charge is 0.378 e. The van der Waals surface area contributed by atoms with Gasteiger partial charge in [-0.3, -0.25) is 0 Å². The maximum absolute atomic E-state index is 11.6. The van der Waals surface area contributed by atoms with Gasteiger partial charge in [-0.15, -0.1) is 0 Å². The van der Waals surface area contributed by atoms with Crippen LogP contribution in [-0.4, -0.2) is 39.0 Å². The van der Waals surface area contributed by atoms with Gasteiger partial charge in [0.1, 0.15) is 0 Å². The number of nitrogens with two attached hydrogens (primary N) is 1. The topological polar surface area (TPSA) is 81.4 Å². The molecule has 6 heteroatoms. The van der Waals surface area contributed by atoms with Crippen LogP contribution in [0, 0.1) is 0 Å². The fraction of sp³-hybridized carbons (Fsp3) is 1.00. The van der Waals surface area contributed by atoms with Gasteiger partial charge in [0, 0.05) is 12.1 Å². The molecule has 1 aliphatic carbocycles. The Morgan fingerprint density at radius 2 is 2.07 bits per heavy atom. The van der Waals surface area contributed by atoms with Crippen LogP contribution in [0.2, 0.25) is 0 Å². The van der Waals surface area contributed by atoms with E-state index in [1.165, 1.54) is 0 Å². The van der Waals surface area contributed by atoms with Crippen LogP contribution in [0.25, 0.3) is 0 Å². The van der Waals surface area contributed by atoms with Crippen molar-refractivity contribution in [1.82, 2.24) is 4.72 Å². The molecule has 0 atom stereocenters. The molecule has 0 aliphatic heterocycles. The van der Waals surface area contributed by atoms with E-state index in [9.17, 15) is 8.42 Å². The minimum absolute atomic E-state index is 0.00687. The minimum atomic E-state index is -3.24. The zero-order valence-electron chi connectivity index (χ0n) is 9.32. The molecule has 1 rings (SSSR count). The Hall–Kier alpha value is -0.170. The first-order valence-electron chi connectivity index (χ1n) is 5.22. The van der Waals surface area contributed by atoms with Gasteiger partial charge in [-0.05, 0) is 26.7 Å². The first-order chi connectivity index (χ1) is 6.89. The van der Waals surface area contributed by atoms with E-state index >= 15 is 0 Å². The van der Waals surface area contributed by atoms with Gasteiger partial charge in [0.05, 0.1) is 18.5 Å².